The lowest BCUT2D eigenvalue weighted by molar-refractivity contribution is -0.153. The molecule has 2 aliphatic rings. The smallest absolute Gasteiger partial charge is 0.356 e. The Bertz CT molecular complexity index is 1460. The zero-order valence-corrected chi connectivity index (χ0v) is 19.1. The Morgan fingerprint density at radius 2 is 1.84 bits per heavy atom. The SMILES string of the molecule is CCC(NC(=O)c1cn(-c2ccc(F)cc2F)c2nc(N3CC4C(C3)C4(F)F)ccc2c1=O)C(F)(F)F. The highest BCUT2D eigenvalue weighted by Crippen LogP contribution is 2.59. The van der Waals surface area contributed by atoms with Gasteiger partial charge in [0, 0.05) is 25.4 Å². The molecule has 3 atom stereocenters. The van der Waals surface area contributed by atoms with Crippen molar-refractivity contribution in [2.24, 2.45) is 11.8 Å². The van der Waals surface area contributed by atoms with Crippen molar-refractivity contribution in [2.75, 3.05) is 18.0 Å². The lowest BCUT2D eigenvalue weighted by Crippen LogP contribution is -2.46. The van der Waals surface area contributed by atoms with E-state index in [1.807, 2.05) is 0 Å². The first-order chi connectivity index (χ1) is 17.3. The third-order valence-electron chi connectivity index (χ3n) is 6.88. The highest BCUT2D eigenvalue weighted by molar-refractivity contribution is 5.97. The van der Waals surface area contributed by atoms with E-state index in [0.717, 1.165) is 22.9 Å². The number of fused-ring (bicyclic) bond motifs is 2. The molecule has 1 saturated carbocycles. The standard InChI is InChI=1S/C24H19F7N4O2/c1-2-18(24(29,30)31)32-22(37)13-8-35(17-5-3-11(25)7-16(17)26)21-12(20(13)36)4-6-19(33-21)34-9-14-15(10-34)23(14,27)28/h3-8,14-15,18H,2,9-10H2,1H3,(H,32,37). The van der Waals surface area contributed by atoms with E-state index in [1.165, 1.54) is 19.1 Å². The summed E-state index contributed by atoms with van der Waals surface area (Å²) in [6.07, 6.45) is -4.43. The van der Waals surface area contributed by atoms with E-state index in [9.17, 15) is 40.3 Å². The predicted octanol–water partition coefficient (Wildman–Crippen LogP) is 4.44. The number of amides is 1. The van der Waals surface area contributed by atoms with E-state index in [1.54, 1.807) is 10.2 Å². The fraction of sp³-hybridized carbons (Fsp3) is 0.375. The highest BCUT2D eigenvalue weighted by Gasteiger charge is 2.71. The number of halogens is 7. The number of benzene rings is 1. The first-order valence-electron chi connectivity index (χ1n) is 11.3. The molecule has 1 aromatic carbocycles. The summed E-state index contributed by atoms with van der Waals surface area (Å²) >= 11 is 0. The van der Waals surface area contributed by atoms with Crippen LogP contribution in [0.15, 0.2) is 41.3 Å². The van der Waals surface area contributed by atoms with Crippen LogP contribution in [0.4, 0.5) is 36.6 Å². The molecule has 3 aromatic rings. The van der Waals surface area contributed by atoms with E-state index in [2.05, 4.69) is 4.98 Å². The van der Waals surface area contributed by atoms with Gasteiger partial charge in [-0.15, -0.1) is 0 Å². The van der Waals surface area contributed by atoms with Crippen LogP contribution in [0.3, 0.4) is 0 Å². The van der Waals surface area contributed by atoms with Crippen LogP contribution in [0.2, 0.25) is 0 Å². The number of piperidine rings is 1. The summed E-state index contributed by atoms with van der Waals surface area (Å²) in [4.78, 5) is 31.8. The molecular weight excluding hydrogens is 509 g/mol. The van der Waals surface area contributed by atoms with Gasteiger partial charge < -0.3 is 10.2 Å². The zero-order chi connectivity index (χ0) is 26.9. The van der Waals surface area contributed by atoms with Crippen molar-refractivity contribution in [3.63, 3.8) is 0 Å². The molecule has 3 unspecified atom stereocenters. The Hall–Kier alpha value is -3.64. The fourth-order valence-electron chi connectivity index (χ4n) is 4.74. The molecule has 13 heteroatoms. The normalized spacial score (nSPS) is 21.1. The molecule has 6 nitrogen and oxygen atoms in total. The molecule has 3 heterocycles. The molecule has 1 aliphatic carbocycles. The molecule has 1 amide bonds. The minimum Gasteiger partial charge on any atom is -0.356 e. The minimum atomic E-state index is -4.77. The summed E-state index contributed by atoms with van der Waals surface area (Å²) in [5.74, 6) is -7.52. The third-order valence-corrected chi connectivity index (χ3v) is 6.88. The number of alkyl halides is 5. The Morgan fingerprint density at radius 1 is 1.16 bits per heavy atom. The van der Waals surface area contributed by atoms with Gasteiger partial charge in [-0.3, -0.25) is 14.2 Å². The molecule has 1 N–H and O–H groups in total. The van der Waals surface area contributed by atoms with Crippen LogP contribution >= 0.6 is 0 Å². The molecule has 0 radical (unpaired) electrons. The van der Waals surface area contributed by atoms with Crippen LogP contribution in [0, 0.1) is 23.5 Å². The van der Waals surface area contributed by atoms with Crippen molar-refractivity contribution in [1.82, 2.24) is 14.9 Å². The second-order valence-electron chi connectivity index (χ2n) is 9.15. The summed E-state index contributed by atoms with van der Waals surface area (Å²) in [6.45, 7) is 1.23. The van der Waals surface area contributed by atoms with Crippen LogP contribution in [-0.4, -0.2) is 46.7 Å². The number of carbonyl (C=O) groups is 1. The van der Waals surface area contributed by atoms with Gasteiger partial charge in [-0.05, 0) is 30.7 Å². The van der Waals surface area contributed by atoms with Crippen LogP contribution in [0.5, 0.6) is 0 Å². The van der Waals surface area contributed by atoms with Gasteiger partial charge in [0.2, 0.25) is 5.43 Å². The molecule has 2 fully saturated rings. The van der Waals surface area contributed by atoms with E-state index < -0.39 is 64.9 Å². The molecule has 0 spiro atoms. The average Bonchev–Trinajstić information content (AvgIpc) is 3.15. The second kappa shape index (κ2) is 8.45. The Balaban J connectivity index is 1.63. The van der Waals surface area contributed by atoms with Gasteiger partial charge in [0.05, 0.1) is 22.9 Å². The topological polar surface area (TPSA) is 67.2 Å². The quantitative estimate of drug-likeness (QED) is 0.498. The van der Waals surface area contributed by atoms with Crippen LogP contribution in [-0.2, 0) is 0 Å². The predicted molar refractivity (Wildman–Crippen MR) is 119 cm³/mol. The molecule has 5 rings (SSSR count). The fourth-order valence-corrected chi connectivity index (χ4v) is 4.74. The Morgan fingerprint density at radius 3 is 2.43 bits per heavy atom. The number of aromatic nitrogens is 2. The van der Waals surface area contributed by atoms with E-state index in [-0.39, 0.29) is 35.6 Å². The number of nitrogens with one attached hydrogen (secondary N) is 1. The first-order valence-corrected chi connectivity index (χ1v) is 11.3. The number of nitrogens with zero attached hydrogens (tertiary/aromatic N) is 3. The molecule has 1 saturated heterocycles. The minimum absolute atomic E-state index is 0.0155. The number of pyridine rings is 2. The van der Waals surface area contributed by atoms with Crippen LogP contribution in [0.1, 0.15) is 23.7 Å². The lowest BCUT2D eigenvalue weighted by Gasteiger charge is -2.22. The highest BCUT2D eigenvalue weighted by atomic mass is 19.4. The van der Waals surface area contributed by atoms with Crippen LogP contribution < -0.4 is 15.6 Å². The summed E-state index contributed by atoms with van der Waals surface area (Å²) in [6, 6.07) is 2.86. The van der Waals surface area contributed by atoms with E-state index >= 15 is 0 Å². The lowest BCUT2D eigenvalue weighted by atomic mass is 10.1. The number of rotatable bonds is 5. The maximum Gasteiger partial charge on any atom is 0.408 e. The Labute approximate surface area is 204 Å². The number of carbonyl (C=O) groups excluding carboxylic acids is 1. The van der Waals surface area contributed by atoms with Crippen molar-refractivity contribution in [3.05, 3.63) is 63.9 Å². The van der Waals surface area contributed by atoms with Gasteiger partial charge in [0.15, 0.2) is 5.65 Å². The third kappa shape index (κ3) is 4.19. The maximum absolute atomic E-state index is 14.8. The largest absolute Gasteiger partial charge is 0.408 e. The van der Waals surface area contributed by atoms with Gasteiger partial charge in [-0.25, -0.2) is 22.5 Å². The molecule has 196 valence electrons. The van der Waals surface area contributed by atoms with Gasteiger partial charge >= 0.3 is 6.18 Å². The van der Waals surface area contributed by atoms with Crippen molar-refractivity contribution in [3.8, 4) is 5.69 Å². The van der Waals surface area contributed by atoms with Gasteiger partial charge in [-0.1, -0.05) is 6.92 Å². The van der Waals surface area contributed by atoms with Gasteiger partial charge in [-0.2, -0.15) is 13.2 Å². The second-order valence-corrected chi connectivity index (χ2v) is 9.15. The van der Waals surface area contributed by atoms with Crippen molar-refractivity contribution < 1.29 is 35.5 Å². The molecule has 1 aliphatic heterocycles. The van der Waals surface area contributed by atoms with Crippen molar-refractivity contribution in [1.29, 1.82) is 0 Å². The van der Waals surface area contributed by atoms with Gasteiger partial charge in [0.1, 0.15) is 29.1 Å². The summed E-state index contributed by atoms with van der Waals surface area (Å²) in [5, 5.41) is 1.55. The number of hydrogen-bond donors (Lipinski definition) is 1. The van der Waals surface area contributed by atoms with E-state index in [0.29, 0.717) is 6.07 Å². The summed E-state index contributed by atoms with van der Waals surface area (Å²) in [7, 11) is 0. The molecule has 2 aromatic heterocycles. The van der Waals surface area contributed by atoms with Crippen molar-refractivity contribution >= 4 is 22.8 Å². The monoisotopic (exact) mass is 528 g/mol. The number of anilines is 1. The van der Waals surface area contributed by atoms with Crippen LogP contribution in [0.25, 0.3) is 16.7 Å². The maximum atomic E-state index is 14.8. The number of hydrogen-bond acceptors (Lipinski definition) is 4. The Kier molecular flexibility index (Phi) is 5.72. The summed E-state index contributed by atoms with van der Waals surface area (Å²) in [5.41, 5.74) is -2.18. The first kappa shape index (κ1) is 25.0. The molecule has 37 heavy (non-hydrogen) atoms. The van der Waals surface area contributed by atoms with E-state index in [4.69, 9.17) is 0 Å². The van der Waals surface area contributed by atoms with Gasteiger partial charge in [0.25, 0.3) is 11.8 Å². The molecular formula is C24H19F7N4O2. The summed E-state index contributed by atoms with van der Waals surface area (Å²) < 4.78 is 96.2. The average molecular weight is 528 g/mol. The molecule has 0 bridgehead atoms. The zero-order valence-electron chi connectivity index (χ0n) is 19.1. The van der Waals surface area contributed by atoms with Crippen molar-refractivity contribution in [2.45, 2.75) is 31.5 Å².